The average molecular weight is 424 g/mol. The molecule has 1 aromatic carbocycles. The van der Waals surface area contributed by atoms with Crippen LogP contribution in [0.5, 0.6) is 0 Å². The number of aromatic amines is 1. The van der Waals surface area contributed by atoms with E-state index in [1.165, 1.54) is 16.8 Å². The predicted molar refractivity (Wildman–Crippen MR) is 123 cm³/mol. The monoisotopic (exact) mass is 423 g/mol. The van der Waals surface area contributed by atoms with Gasteiger partial charge in [-0.25, -0.2) is 4.98 Å². The molecule has 1 amide bonds. The van der Waals surface area contributed by atoms with Crippen LogP contribution in [0, 0.1) is 11.3 Å². The topological polar surface area (TPSA) is 79.1 Å². The number of H-pyrrole nitrogens is 1. The Morgan fingerprint density at radius 3 is 2.70 bits per heavy atom. The number of pyridine rings is 1. The molecule has 0 spiro atoms. The Kier molecular flexibility index (Phi) is 7.38. The second-order valence-electron chi connectivity index (χ2n) is 8.30. The van der Waals surface area contributed by atoms with Crippen LogP contribution in [0.25, 0.3) is 0 Å². The number of rotatable bonds is 8. The number of thioether (sulfide) groups is 1. The van der Waals surface area contributed by atoms with Crippen LogP contribution < -0.4 is 15.6 Å². The molecule has 0 saturated carbocycles. The largest absolute Gasteiger partial charge is 0.348 e. The fraction of sp³-hybridized carbons (Fsp3) is 0.458. The van der Waals surface area contributed by atoms with Crippen molar-refractivity contribution in [3.05, 3.63) is 58.3 Å². The SMILES string of the molecule is CCCCc1[nH+]c(NCCNC(=O)c2ccccc2)c(C#N)c2c1CSC(C)(C)C2. The van der Waals surface area contributed by atoms with E-state index in [-0.39, 0.29) is 10.7 Å². The maximum Gasteiger partial charge on any atom is 0.290 e. The average Bonchev–Trinajstić information content (AvgIpc) is 2.74. The third kappa shape index (κ3) is 5.34. The van der Waals surface area contributed by atoms with E-state index in [2.05, 4.69) is 42.5 Å². The van der Waals surface area contributed by atoms with Gasteiger partial charge >= 0.3 is 0 Å². The molecule has 5 nitrogen and oxygen atoms in total. The fourth-order valence-electron chi connectivity index (χ4n) is 3.76. The van der Waals surface area contributed by atoms with Crippen molar-refractivity contribution < 1.29 is 9.78 Å². The van der Waals surface area contributed by atoms with Gasteiger partial charge in [-0.1, -0.05) is 45.4 Å². The molecule has 0 bridgehead atoms. The van der Waals surface area contributed by atoms with Crippen LogP contribution in [0.4, 0.5) is 5.82 Å². The van der Waals surface area contributed by atoms with E-state index < -0.39 is 0 Å². The summed E-state index contributed by atoms with van der Waals surface area (Å²) >= 11 is 1.96. The van der Waals surface area contributed by atoms with E-state index >= 15 is 0 Å². The van der Waals surface area contributed by atoms with Crippen molar-refractivity contribution in [2.45, 2.75) is 57.0 Å². The van der Waals surface area contributed by atoms with Crippen molar-refractivity contribution in [1.82, 2.24) is 5.32 Å². The van der Waals surface area contributed by atoms with Gasteiger partial charge < -0.3 is 5.32 Å². The van der Waals surface area contributed by atoms with Gasteiger partial charge in [-0.2, -0.15) is 17.0 Å². The molecule has 0 unspecified atom stereocenters. The van der Waals surface area contributed by atoms with Gasteiger partial charge in [0.15, 0.2) is 0 Å². The van der Waals surface area contributed by atoms with Gasteiger partial charge in [0.05, 0.1) is 6.54 Å². The number of carbonyl (C=O) groups excluding carboxylic acids is 1. The van der Waals surface area contributed by atoms with Crippen molar-refractivity contribution in [3.63, 3.8) is 0 Å². The minimum Gasteiger partial charge on any atom is -0.348 e. The minimum atomic E-state index is -0.0882. The smallest absolute Gasteiger partial charge is 0.290 e. The Morgan fingerprint density at radius 1 is 1.23 bits per heavy atom. The first-order chi connectivity index (χ1) is 14.4. The van der Waals surface area contributed by atoms with Gasteiger partial charge in [-0.15, -0.1) is 0 Å². The highest BCUT2D eigenvalue weighted by Gasteiger charge is 2.33. The Balaban J connectivity index is 1.75. The number of fused-ring (bicyclic) bond motifs is 1. The molecule has 158 valence electrons. The van der Waals surface area contributed by atoms with Gasteiger partial charge in [-0.05, 0) is 30.5 Å². The van der Waals surface area contributed by atoms with Crippen LogP contribution in [-0.2, 0) is 18.6 Å². The summed E-state index contributed by atoms with van der Waals surface area (Å²) in [7, 11) is 0. The molecule has 0 radical (unpaired) electrons. The van der Waals surface area contributed by atoms with E-state index in [0.29, 0.717) is 24.2 Å². The molecule has 2 heterocycles. The zero-order valence-corrected chi connectivity index (χ0v) is 18.9. The Morgan fingerprint density at radius 2 is 2.00 bits per heavy atom. The number of carbonyl (C=O) groups is 1. The highest BCUT2D eigenvalue weighted by Crippen LogP contribution is 2.41. The van der Waals surface area contributed by atoms with Crippen LogP contribution in [-0.4, -0.2) is 23.7 Å². The van der Waals surface area contributed by atoms with Crippen LogP contribution in [0.15, 0.2) is 30.3 Å². The van der Waals surface area contributed by atoms with Crippen LogP contribution >= 0.6 is 11.8 Å². The normalized spacial score (nSPS) is 14.5. The van der Waals surface area contributed by atoms with Crippen LogP contribution in [0.3, 0.4) is 0 Å². The number of unbranched alkanes of at least 4 members (excludes halogenated alkanes) is 1. The lowest BCUT2D eigenvalue weighted by atomic mass is 9.91. The van der Waals surface area contributed by atoms with E-state index in [9.17, 15) is 10.1 Å². The highest BCUT2D eigenvalue weighted by atomic mass is 32.2. The molecule has 30 heavy (non-hydrogen) atoms. The summed E-state index contributed by atoms with van der Waals surface area (Å²) in [6.07, 6.45) is 4.14. The third-order valence-electron chi connectivity index (χ3n) is 5.41. The van der Waals surface area contributed by atoms with Crippen molar-refractivity contribution in [2.75, 3.05) is 18.4 Å². The van der Waals surface area contributed by atoms with Gasteiger partial charge in [-0.3, -0.25) is 10.1 Å². The zero-order chi connectivity index (χ0) is 21.6. The van der Waals surface area contributed by atoms with Gasteiger partial charge in [0.2, 0.25) is 0 Å². The number of hydrogen-bond donors (Lipinski definition) is 2. The lowest BCUT2D eigenvalue weighted by Gasteiger charge is -2.31. The minimum absolute atomic E-state index is 0.0882. The number of benzene rings is 1. The molecule has 1 aliphatic heterocycles. The summed E-state index contributed by atoms with van der Waals surface area (Å²) < 4.78 is 0.128. The van der Waals surface area contributed by atoms with Crippen LogP contribution in [0.2, 0.25) is 0 Å². The van der Waals surface area contributed by atoms with Gasteiger partial charge in [0.25, 0.3) is 11.7 Å². The first-order valence-electron chi connectivity index (χ1n) is 10.7. The fourth-order valence-corrected chi connectivity index (χ4v) is 4.89. The Labute approximate surface area is 183 Å². The third-order valence-corrected chi connectivity index (χ3v) is 6.77. The quantitative estimate of drug-likeness (QED) is 0.626. The standard InChI is InChI=1S/C24H30N4OS/c1-4-5-11-21-20-16-30-24(2,3)14-18(20)19(15-25)22(28-21)26-12-13-27-23(29)17-9-7-6-8-10-17/h6-10H,4-5,11-14,16H2,1-3H3,(H,26,28)(H,27,29)/p+1. The number of anilines is 1. The maximum atomic E-state index is 12.2. The Hall–Kier alpha value is -2.52. The zero-order valence-electron chi connectivity index (χ0n) is 18.1. The van der Waals surface area contributed by atoms with Crippen LogP contribution in [0.1, 0.15) is 66.4 Å². The number of aromatic nitrogens is 1. The second kappa shape index (κ2) is 9.99. The number of nitrogens with zero attached hydrogens (tertiary/aromatic N) is 1. The number of aryl methyl sites for hydroxylation is 1. The first kappa shape index (κ1) is 22.2. The first-order valence-corrected chi connectivity index (χ1v) is 11.6. The molecule has 0 saturated heterocycles. The molecule has 3 rings (SSSR count). The van der Waals surface area contributed by atoms with Crippen molar-refractivity contribution in [3.8, 4) is 6.07 Å². The number of hydrogen-bond acceptors (Lipinski definition) is 4. The van der Waals surface area contributed by atoms with E-state index in [4.69, 9.17) is 0 Å². The summed E-state index contributed by atoms with van der Waals surface area (Å²) in [5.74, 6) is 1.63. The summed E-state index contributed by atoms with van der Waals surface area (Å²) in [6, 6.07) is 11.6. The van der Waals surface area contributed by atoms with Crippen molar-refractivity contribution >= 4 is 23.5 Å². The molecule has 6 heteroatoms. The summed E-state index contributed by atoms with van der Waals surface area (Å²) in [5, 5.41) is 16.2. The molecule has 0 aliphatic carbocycles. The van der Waals surface area contributed by atoms with Crippen molar-refractivity contribution in [1.29, 1.82) is 5.26 Å². The molecule has 0 fully saturated rings. The molecule has 2 aromatic rings. The lowest BCUT2D eigenvalue weighted by molar-refractivity contribution is -0.374. The summed E-state index contributed by atoms with van der Waals surface area (Å²) in [5.41, 5.74) is 5.10. The van der Waals surface area contributed by atoms with Gasteiger partial charge in [0.1, 0.15) is 23.9 Å². The number of nitriles is 1. The number of amides is 1. The lowest BCUT2D eigenvalue weighted by Crippen LogP contribution is -2.33. The molecule has 1 aromatic heterocycles. The van der Waals surface area contributed by atoms with Crippen molar-refractivity contribution in [2.24, 2.45) is 0 Å². The molecule has 1 aliphatic rings. The van der Waals surface area contributed by atoms with E-state index in [0.717, 1.165) is 37.3 Å². The predicted octanol–water partition coefficient (Wildman–Crippen LogP) is 4.12. The highest BCUT2D eigenvalue weighted by molar-refractivity contribution is 7.99. The molecular formula is C24H31N4OS+. The van der Waals surface area contributed by atoms with Gasteiger partial charge in [0, 0.05) is 28.0 Å². The molecular weight excluding hydrogens is 392 g/mol. The maximum absolute atomic E-state index is 12.2. The second-order valence-corrected chi connectivity index (χ2v) is 9.98. The summed E-state index contributed by atoms with van der Waals surface area (Å²) in [4.78, 5) is 15.7. The molecule has 0 atom stereocenters. The van der Waals surface area contributed by atoms with E-state index in [1.54, 1.807) is 12.1 Å². The summed E-state index contributed by atoms with van der Waals surface area (Å²) in [6.45, 7) is 7.72. The van der Waals surface area contributed by atoms with E-state index in [1.807, 2.05) is 30.0 Å². The number of nitrogens with one attached hydrogen (secondary N) is 3. The Bertz CT molecular complexity index is 934. The molecule has 3 N–H and O–H groups in total.